The Labute approximate surface area is 107 Å². The standard InChI is InChI=1S/C14H8O5/c15-6-1-2-8-9(3-6)14(19)12-10(13(8)18)4-7(16)5-11(12)17/h1-5,15-17H. The summed E-state index contributed by atoms with van der Waals surface area (Å²) in [6, 6.07) is 5.97. The van der Waals surface area contributed by atoms with Gasteiger partial charge in [-0.1, -0.05) is 0 Å². The molecule has 3 rings (SSSR count). The number of rotatable bonds is 0. The molecule has 1 aliphatic rings. The second-order valence-electron chi connectivity index (χ2n) is 4.28. The molecule has 2 aromatic carbocycles. The summed E-state index contributed by atoms with van der Waals surface area (Å²) in [5.74, 6) is -1.92. The zero-order valence-electron chi connectivity index (χ0n) is 9.54. The first-order valence-corrected chi connectivity index (χ1v) is 5.47. The van der Waals surface area contributed by atoms with Crippen LogP contribution in [0.2, 0.25) is 0 Å². The molecule has 0 saturated heterocycles. The number of phenols is 3. The summed E-state index contributed by atoms with van der Waals surface area (Å²) in [7, 11) is 0. The van der Waals surface area contributed by atoms with E-state index in [1.54, 1.807) is 0 Å². The van der Waals surface area contributed by atoms with Crippen LogP contribution in [0.4, 0.5) is 0 Å². The fourth-order valence-corrected chi connectivity index (χ4v) is 2.23. The van der Waals surface area contributed by atoms with Crippen LogP contribution in [0.5, 0.6) is 17.2 Å². The van der Waals surface area contributed by atoms with Gasteiger partial charge in [-0.3, -0.25) is 9.59 Å². The Bertz CT molecular complexity index is 746. The van der Waals surface area contributed by atoms with E-state index in [1.807, 2.05) is 0 Å². The molecule has 0 spiro atoms. The molecule has 2 aromatic rings. The van der Waals surface area contributed by atoms with Gasteiger partial charge in [0.2, 0.25) is 0 Å². The number of benzene rings is 2. The summed E-state index contributed by atoms with van der Waals surface area (Å²) in [4.78, 5) is 24.4. The molecular formula is C14H8O5. The highest BCUT2D eigenvalue weighted by molar-refractivity contribution is 6.29. The minimum absolute atomic E-state index is 0.0403. The number of ketones is 2. The Morgan fingerprint density at radius 3 is 2.11 bits per heavy atom. The maximum Gasteiger partial charge on any atom is 0.198 e. The second-order valence-corrected chi connectivity index (χ2v) is 4.28. The molecule has 94 valence electrons. The van der Waals surface area contributed by atoms with Crippen LogP contribution in [-0.2, 0) is 0 Å². The van der Waals surface area contributed by atoms with Crippen molar-refractivity contribution in [3.8, 4) is 17.2 Å². The largest absolute Gasteiger partial charge is 0.508 e. The van der Waals surface area contributed by atoms with E-state index in [0.29, 0.717) is 0 Å². The summed E-state index contributed by atoms with van der Waals surface area (Å²) < 4.78 is 0. The van der Waals surface area contributed by atoms with Crippen LogP contribution < -0.4 is 0 Å². The van der Waals surface area contributed by atoms with Gasteiger partial charge in [-0.15, -0.1) is 0 Å². The zero-order chi connectivity index (χ0) is 13.7. The number of hydrogen-bond acceptors (Lipinski definition) is 5. The van der Waals surface area contributed by atoms with E-state index in [2.05, 4.69) is 0 Å². The molecule has 0 bridgehead atoms. The van der Waals surface area contributed by atoms with Gasteiger partial charge in [0.25, 0.3) is 0 Å². The fraction of sp³-hybridized carbons (Fsp3) is 0. The van der Waals surface area contributed by atoms with E-state index in [-0.39, 0.29) is 33.8 Å². The molecule has 0 radical (unpaired) electrons. The molecule has 0 fully saturated rings. The van der Waals surface area contributed by atoms with Crippen molar-refractivity contribution in [3.05, 3.63) is 52.6 Å². The highest BCUT2D eigenvalue weighted by Crippen LogP contribution is 2.36. The van der Waals surface area contributed by atoms with Crippen molar-refractivity contribution >= 4 is 11.6 Å². The Balaban J connectivity index is 2.36. The molecule has 0 aliphatic heterocycles. The molecule has 1 aliphatic carbocycles. The van der Waals surface area contributed by atoms with Gasteiger partial charge < -0.3 is 15.3 Å². The van der Waals surface area contributed by atoms with E-state index in [0.717, 1.165) is 12.1 Å². The molecule has 0 atom stereocenters. The maximum absolute atomic E-state index is 12.2. The van der Waals surface area contributed by atoms with Crippen LogP contribution in [0, 0.1) is 0 Å². The molecule has 5 heteroatoms. The predicted molar refractivity (Wildman–Crippen MR) is 64.7 cm³/mol. The monoisotopic (exact) mass is 256 g/mol. The van der Waals surface area contributed by atoms with Crippen molar-refractivity contribution in [1.29, 1.82) is 0 Å². The molecule has 3 N–H and O–H groups in total. The molecule has 0 saturated carbocycles. The third-order valence-electron chi connectivity index (χ3n) is 3.07. The SMILES string of the molecule is O=C1c2ccc(O)cc2C(=O)c2c(O)cc(O)cc21. The number of aromatic hydroxyl groups is 3. The van der Waals surface area contributed by atoms with Crippen molar-refractivity contribution in [2.75, 3.05) is 0 Å². The lowest BCUT2D eigenvalue weighted by Crippen LogP contribution is -2.20. The number of phenolic OH excluding ortho intramolecular Hbond substituents is 3. The van der Waals surface area contributed by atoms with Gasteiger partial charge in [0.1, 0.15) is 17.2 Å². The van der Waals surface area contributed by atoms with Crippen molar-refractivity contribution < 1.29 is 24.9 Å². The lowest BCUT2D eigenvalue weighted by Gasteiger charge is -2.18. The van der Waals surface area contributed by atoms with Crippen LogP contribution in [0.3, 0.4) is 0 Å². The topological polar surface area (TPSA) is 94.8 Å². The van der Waals surface area contributed by atoms with Crippen molar-refractivity contribution in [2.45, 2.75) is 0 Å². The first-order chi connectivity index (χ1) is 8.99. The summed E-state index contributed by atoms with van der Waals surface area (Å²) in [5, 5.41) is 28.5. The minimum atomic E-state index is -0.557. The predicted octanol–water partition coefficient (Wildman–Crippen LogP) is 1.58. The van der Waals surface area contributed by atoms with E-state index in [4.69, 9.17) is 0 Å². The summed E-state index contributed by atoms with van der Waals surface area (Å²) in [6.45, 7) is 0. The average Bonchev–Trinajstić information content (AvgIpc) is 2.35. The normalized spacial score (nSPS) is 13.1. The van der Waals surface area contributed by atoms with Crippen LogP contribution in [0.1, 0.15) is 31.8 Å². The Morgan fingerprint density at radius 2 is 1.37 bits per heavy atom. The number of hydrogen-bond donors (Lipinski definition) is 3. The van der Waals surface area contributed by atoms with Crippen LogP contribution in [0.15, 0.2) is 30.3 Å². The minimum Gasteiger partial charge on any atom is -0.508 e. The van der Waals surface area contributed by atoms with Crippen LogP contribution in [0.25, 0.3) is 0 Å². The van der Waals surface area contributed by atoms with Gasteiger partial charge in [0, 0.05) is 22.8 Å². The molecular weight excluding hydrogens is 248 g/mol. The van der Waals surface area contributed by atoms with Gasteiger partial charge in [-0.05, 0) is 24.3 Å². The van der Waals surface area contributed by atoms with Gasteiger partial charge in [-0.2, -0.15) is 0 Å². The highest BCUT2D eigenvalue weighted by Gasteiger charge is 2.32. The van der Waals surface area contributed by atoms with E-state index in [9.17, 15) is 24.9 Å². The molecule has 19 heavy (non-hydrogen) atoms. The number of carbonyl (C=O) groups excluding carboxylic acids is 2. The average molecular weight is 256 g/mol. The number of carbonyl (C=O) groups is 2. The molecule has 0 heterocycles. The van der Waals surface area contributed by atoms with Crippen molar-refractivity contribution in [2.24, 2.45) is 0 Å². The Morgan fingerprint density at radius 1 is 0.684 bits per heavy atom. The lowest BCUT2D eigenvalue weighted by molar-refractivity contribution is 0.0976. The molecule has 0 aromatic heterocycles. The first kappa shape index (κ1) is 11.3. The Hall–Kier alpha value is -2.82. The van der Waals surface area contributed by atoms with Crippen molar-refractivity contribution in [3.63, 3.8) is 0 Å². The van der Waals surface area contributed by atoms with Crippen LogP contribution >= 0.6 is 0 Å². The molecule has 0 unspecified atom stereocenters. The Kier molecular flexibility index (Phi) is 2.13. The molecule has 0 amide bonds. The summed E-state index contributed by atoms with van der Waals surface area (Å²) in [5.41, 5.74) is -0.0135. The van der Waals surface area contributed by atoms with Crippen molar-refractivity contribution in [1.82, 2.24) is 0 Å². The van der Waals surface area contributed by atoms with E-state index >= 15 is 0 Å². The quantitative estimate of drug-likeness (QED) is 0.567. The highest BCUT2D eigenvalue weighted by atomic mass is 16.3. The fourth-order valence-electron chi connectivity index (χ4n) is 2.23. The van der Waals surface area contributed by atoms with E-state index in [1.165, 1.54) is 18.2 Å². The van der Waals surface area contributed by atoms with E-state index < -0.39 is 17.3 Å². The number of fused-ring (bicyclic) bond motifs is 2. The lowest BCUT2D eigenvalue weighted by atomic mass is 9.83. The third kappa shape index (κ3) is 1.48. The van der Waals surface area contributed by atoms with Gasteiger partial charge in [0.05, 0.1) is 5.56 Å². The summed E-state index contributed by atoms with van der Waals surface area (Å²) in [6.07, 6.45) is 0. The summed E-state index contributed by atoms with van der Waals surface area (Å²) >= 11 is 0. The van der Waals surface area contributed by atoms with Gasteiger partial charge in [0.15, 0.2) is 11.6 Å². The maximum atomic E-state index is 12.2. The van der Waals surface area contributed by atoms with Gasteiger partial charge in [-0.25, -0.2) is 0 Å². The van der Waals surface area contributed by atoms with Crippen LogP contribution in [-0.4, -0.2) is 26.9 Å². The smallest absolute Gasteiger partial charge is 0.198 e. The second kappa shape index (κ2) is 3.58. The molecule has 5 nitrogen and oxygen atoms in total. The third-order valence-corrected chi connectivity index (χ3v) is 3.07. The zero-order valence-corrected chi connectivity index (χ0v) is 9.54. The van der Waals surface area contributed by atoms with Gasteiger partial charge >= 0.3 is 0 Å². The first-order valence-electron chi connectivity index (χ1n) is 5.47.